The number of rotatable bonds is 8. The van der Waals surface area contributed by atoms with Crippen LogP contribution < -0.4 is 9.47 Å². The number of unbranched alkanes of at least 4 members (excludes halogenated alkanes) is 1. The molecule has 0 radical (unpaired) electrons. The van der Waals surface area contributed by atoms with Gasteiger partial charge >= 0.3 is 0 Å². The highest BCUT2D eigenvalue weighted by atomic mass is 32.1. The second-order valence-electron chi connectivity index (χ2n) is 6.03. The normalized spacial score (nSPS) is 11.1. The lowest BCUT2D eigenvalue weighted by molar-refractivity contribution is 0.288. The van der Waals surface area contributed by atoms with Crippen LogP contribution >= 0.6 is 12.2 Å². The summed E-state index contributed by atoms with van der Waals surface area (Å²) in [5, 5.41) is 11.2. The molecule has 28 heavy (non-hydrogen) atoms. The van der Waals surface area contributed by atoms with Gasteiger partial charge in [-0.15, -0.1) is 0 Å². The lowest BCUT2D eigenvalue weighted by atomic mass is 10.2. The van der Waals surface area contributed by atoms with Crippen LogP contribution in [0, 0.1) is 10.6 Å². The van der Waals surface area contributed by atoms with Gasteiger partial charge in [0, 0.05) is 5.56 Å². The second-order valence-corrected chi connectivity index (χ2v) is 6.42. The second kappa shape index (κ2) is 9.27. The number of aromatic nitrogens is 3. The minimum atomic E-state index is -0.356. The van der Waals surface area contributed by atoms with Gasteiger partial charge in [0.2, 0.25) is 4.77 Å². The van der Waals surface area contributed by atoms with Crippen LogP contribution in [0.25, 0.3) is 11.4 Å². The van der Waals surface area contributed by atoms with Gasteiger partial charge in [0.1, 0.15) is 5.82 Å². The van der Waals surface area contributed by atoms with E-state index < -0.39 is 0 Å². The monoisotopic (exact) mass is 400 g/mol. The van der Waals surface area contributed by atoms with E-state index in [1.807, 2.05) is 18.2 Å². The average Bonchev–Trinajstić information content (AvgIpc) is 3.07. The molecule has 3 aromatic rings. The van der Waals surface area contributed by atoms with Crippen molar-refractivity contribution in [2.45, 2.75) is 19.8 Å². The third-order valence-corrected chi connectivity index (χ3v) is 4.26. The van der Waals surface area contributed by atoms with Crippen LogP contribution in [0.2, 0.25) is 0 Å². The Morgan fingerprint density at radius 1 is 1.25 bits per heavy atom. The van der Waals surface area contributed by atoms with Crippen molar-refractivity contribution >= 4 is 18.4 Å². The van der Waals surface area contributed by atoms with Crippen LogP contribution in [0.1, 0.15) is 25.3 Å². The molecule has 2 aromatic carbocycles. The molecule has 146 valence electrons. The quantitative estimate of drug-likeness (QED) is 0.335. The van der Waals surface area contributed by atoms with Gasteiger partial charge in [0.15, 0.2) is 17.3 Å². The first-order chi connectivity index (χ1) is 13.6. The van der Waals surface area contributed by atoms with Gasteiger partial charge in [-0.3, -0.25) is 0 Å². The summed E-state index contributed by atoms with van der Waals surface area (Å²) in [6, 6.07) is 11.6. The van der Waals surface area contributed by atoms with E-state index in [0.717, 1.165) is 18.4 Å². The Morgan fingerprint density at radius 3 is 2.86 bits per heavy atom. The number of hydrogen-bond acceptors (Lipinski definition) is 5. The maximum atomic E-state index is 13.5. The van der Waals surface area contributed by atoms with Gasteiger partial charge in [-0.25, -0.2) is 9.49 Å². The summed E-state index contributed by atoms with van der Waals surface area (Å²) >= 11 is 5.24. The van der Waals surface area contributed by atoms with E-state index in [4.69, 9.17) is 21.7 Å². The van der Waals surface area contributed by atoms with E-state index in [1.54, 1.807) is 25.5 Å². The van der Waals surface area contributed by atoms with E-state index in [-0.39, 0.29) is 5.82 Å². The molecule has 0 saturated heterocycles. The summed E-state index contributed by atoms with van der Waals surface area (Å²) < 4.78 is 26.4. The topological polar surface area (TPSA) is 64.4 Å². The fraction of sp³-hybridized carbons (Fsp3) is 0.250. The number of H-pyrrole nitrogens is 1. The first-order valence-corrected chi connectivity index (χ1v) is 9.31. The molecule has 0 fully saturated rings. The number of halogens is 1. The Hall–Kier alpha value is -3.00. The number of aromatic amines is 1. The van der Waals surface area contributed by atoms with Gasteiger partial charge in [0.05, 0.1) is 19.9 Å². The van der Waals surface area contributed by atoms with Crippen molar-refractivity contribution in [2.75, 3.05) is 13.7 Å². The highest BCUT2D eigenvalue weighted by Gasteiger charge is 2.09. The van der Waals surface area contributed by atoms with Gasteiger partial charge in [-0.1, -0.05) is 25.5 Å². The molecule has 1 N–H and O–H groups in total. The highest BCUT2D eigenvalue weighted by molar-refractivity contribution is 7.71. The van der Waals surface area contributed by atoms with Crippen molar-refractivity contribution in [3.63, 3.8) is 0 Å². The average molecular weight is 400 g/mol. The van der Waals surface area contributed by atoms with Crippen LogP contribution in [0.4, 0.5) is 4.39 Å². The molecule has 0 unspecified atom stereocenters. The zero-order chi connectivity index (χ0) is 19.9. The molecule has 0 atom stereocenters. The lowest BCUT2D eigenvalue weighted by Gasteiger charge is -2.10. The van der Waals surface area contributed by atoms with E-state index in [9.17, 15) is 4.39 Å². The van der Waals surface area contributed by atoms with E-state index in [1.165, 1.54) is 16.8 Å². The Kier molecular flexibility index (Phi) is 6.54. The number of nitrogens with one attached hydrogen (secondary N) is 1. The molecule has 0 aliphatic rings. The minimum absolute atomic E-state index is 0.307. The van der Waals surface area contributed by atoms with Gasteiger partial charge in [0.25, 0.3) is 0 Å². The summed E-state index contributed by atoms with van der Waals surface area (Å²) in [7, 11) is 1.59. The number of benzene rings is 2. The van der Waals surface area contributed by atoms with E-state index >= 15 is 0 Å². The predicted octanol–water partition coefficient (Wildman–Crippen LogP) is 4.82. The molecule has 0 bridgehead atoms. The minimum Gasteiger partial charge on any atom is -0.493 e. The summed E-state index contributed by atoms with van der Waals surface area (Å²) in [5.74, 6) is 1.38. The van der Waals surface area contributed by atoms with Crippen LogP contribution in [0.15, 0.2) is 47.6 Å². The van der Waals surface area contributed by atoms with Crippen molar-refractivity contribution < 1.29 is 13.9 Å². The van der Waals surface area contributed by atoms with Crippen molar-refractivity contribution in [3.8, 4) is 22.9 Å². The molecule has 0 aliphatic heterocycles. The third kappa shape index (κ3) is 4.64. The Morgan fingerprint density at radius 2 is 2.11 bits per heavy atom. The molecule has 0 spiro atoms. The smallest absolute Gasteiger partial charge is 0.216 e. The molecule has 0 aliphatic carbocycles. The Balaban J connectivity index is 1.86. The summed E-state index contributed by atoms with van der Waals surface area (Å²) in [5.41, 5.74) is 1.37. The van der Waals surface area contributed by atoms with E-state index in [2.05, 4.69) is 22.2 Å². The first kappa shape index (κ1) is 19.8. The fourth-order valence-corrected chi connectivity index (χ4v) is 2.73. The van der Waals surface area contributed by atoms with Crippen molar-refractivity contribution in [3.05, 3.63) is 58.6 Å². The summed E-state index contributed by atoms with van der Waals surface area (Å²) in [6.45, 7) is 2.75. The summed E-state index contributed by atoms with van der Waals surface area (Å²) in [4.78, 5) is 0. The standard InChI is InChI=1S/C20H21FN4O2S/c1-3-4-10-27-17-9-8-14(11-18(17)26-2)13-22-25-19(23-24-20(25)28)15-6-5-7-16(21)12-15/h5-9,11-13H,3-4,10H2,1-2H3,(H,24,28)/b22-13-. The van der Waals surface area contributed by atoms with Gasteiger partial charge in [-0.2, -0.15) is 14.9 Å². The third-order valence-electron chi connectivity index (χ3n) is 4.00. The number of methoxy groups -OCH3 is 1. The first-order valence-electron chi connectivity index (χ1n) is 8.91. The van der Waals surface area contributed by atoms with Crippen LogP contribution in [-0.4, -0.2) is 34.8 Å². The number of ether oxygens (including phenoxy) is 2. The molecular formula is C20H21FN4O2S. The van der Waals surface area contributed by atoms with Crippen LogP contribution in [0.5, 0.6) is 11.5 Å². The molecule has 1 aromatic heterocycles. The zero-order valence-electron chi connectivity index (χ0n) is 15.7. The molecule has 0 saturated carbocycles. The maximum absolute atomic E-state index is 13.5. The van der Waals surface area contributed by atoms with Crippen LogP contribution in [0.3, 0.4) is 0 Å². The predicted molar refractivity (Wildman–Crippen MR) is 109 cm³/mol. The number of nitrogens with zero attached hydrogens (tertiary/aromatic N) is 3. The maximum Gasteiger partial charge on any atom is 0.216 e. The largest absolute Gasteiger partial charge is 0.493 e. The Bertz CT molecular complexity index is 1030. The Labute approximate surface area is 167 Å². The molecule has 1 heterocycles. The fourth-order valence-electron chi connectivity index (χ4n) is 2.55. The molecule has 6 nitrogen and oxygen atoms in total. The highest BCUT2D eigenvalue weighted by Crippen LogP contribution is 2.28. The van der Waals surface area contributed by atoms with Crippen molar-refractivity contribution in [1.82, 2.24) is 14.9 Å². The zero-order valence-corrected chi connectivity index (χ0v) is 16.5. The lowest BCUT2D eigenvalue weighted by Crippen LogP contribution is -2.00. The van der Waals surface area contributed by atoms with Crippen molar-refractivity contribution in [2.24, 2.45) is 5.10 Å². The molecule has 3 rings (SSSR count). The SMILES string of the molecule is CCCCOc1ccc(/C=N\n2c(-c3cccc(F)c3)n[nH]c2=S)cc1OC. The van der Waals surface area contributed by atoms with Gasteiger partial charge < -0.3 is 9.47 Å². The van der Waals surface area contributed by atoms with Crippen LogP contribution in [-0.2, 0) is 0 Å². The molecule has 8 heteroatoms. The summed E-state index contributed by atoms with van der Waals surface area (Å²) in [6.07, 6.45) is 3.67. The van der Waals surface area contributed by atoms with E-state index in [0.29, 0.717) is 34.3 Å². The van der Waals surface area contributed by atoms with Gasteiger partial charge in [-0.05, 0) is 54.5 Å². The van der Waals surface area contributed by atoms with Crippen molar-refractivity contribution in [1.29, 1.82) is 0 Å². The molecule has 0 amide bonds. The molecular weight excluding hydrogens is 379 g/mol. The number of hydrogen-bond donors (Lipinski definition) is 1.